The fourth-order valence-electron chi connectivity index (χ4n) is 0.768. The van der Waals surface area contributed by atoms with Gasteiger partial charge in [0.25, 0.3) is 0 Å². The molecule has 14 heavy (non-hydrogen) atoms. The van der Waals surface area contributed by atoms with Crippen LogP contribution < -0.4 is 51.4 Å². The predicted molar refractivity (Wildman–Crippen MR) is 49.4 cm³/mol. The van der Waals surface area contributed by atoms with Gasteiger partial charge in [-0.2, -0.15) is 0 Å². The molecule has 0 unspecified atom stereocenters. The zero-order valence-electron chi connectivity index (χ0n) is 6.92. The van der Waals surface area contributed by atoms with Crippen LogP contribution in [0.5, 0.6) is 0 Å². The fourth-order valence-corrected chi connectivity index (χ4v) is 2.75. The van der Waals surface area contributed by atoms with E-state index in [-0.39, 0.29) is 66.5 Å². The molecule has 0 saturated carbocycles. The second kappa shape index (κ2) is 5.81. The summed E-state index contributed by atoms with van der Waals surface area (Å²) in [6, 6.07) is 2.28. The smallest absolute Gasteiger partial charge is 0.744 e. The molecule has 1 aromatic rings. The molecule has 0 N–H and O–H groups in total. The van der Waals surface area contributed by atoms with Gasteiger partial charge in [0.1, 0.15) is 10.1 Å². The van der Waals surface area contributed by atoms with Crippen LogP contribution in [-0.2, 0) is 10.1 Å². The summed E-state index contributed by atoms with van der Waals surface area (Å²) in [4.78, 5) is -0.639. The second-order valence-corrected chi connectivity index (χ2v) is 4.72. The third-order valence-corrected chi connectivity index (χ3v) is 3.19. The summed E-state index contributed by atoms with van der Waals surface area (Å²) in [5.74, 6) is 0. The van der Waals surface area contributed by atoms with Crippen LogP contribution in [-0.4, -0.2) is 13.0 Å². The largest absolute Gasteiger partial charge is 1.00 e. The van der Waals surface area contributed by atoms with Gasteiger partial charge in [0.05, 0.1) is 14.9 Å². The van der Waals surface area contributed by atoms with Crippen LogP contribution in [0.25, 0.3) is 0 Å². The zero-order chi connectivity index (χ0) is 10.2. The maximum atomic E-state index is 10.6. The number of rotatable bonds is 1. The third kappa shape index (κ3) is 3.90. The van der Waals surface area contributed by atoms with E-state index in [1.54, 1.807) is 0 Å². The van der Waals surface area contributed by atoms with Gasteiger partial charge in [-0.3, -0.25) is 0 Å². The van der Waals surface area contributed by atoms with Crippen LogP contribution in [0.4, 0.5) is 0 Å². The van der Waals surface area contributed by atoms with Crippen LogP contribution in [0.15, 0.2) is 17.0 Å². The number of hydrogen-bond donors (Lipinski definition) is 0. The molecule has 3 nitrogen and oxygen atoms in total. The Kier molecular flexibility index (Phi) is 6.49. The van der Waals surface area contributed by atoms with Crippen molar-refractivity contribution in [2.75, 3.05) is 0 Å². The van der Waals surface area contributed by atoms with Crippen molar-refractivity contribution in [2.24, 2.45) is 0 Å². The van der Waals surface area contributed by atoms with E-state index in [0.717, 1.165) is 12.1 Å². The summed E-state index contributed by atoms with van der Waals surface area (Å²) in [5.41, 5.74) is 0. The average molecular weight is 300 g/mol. The molecule has 0 aromatic heterocycles. The van der Waals surface area contributed by atoms with Crippen molar-refractivity contribution in [2.45, 2.75) is 4.90 Å². The van der Waals surface area contributed by atoms with E-state index >= 15 is 0 Å². The standard InChI is InChI=1S/C6H3Cl3O3S.K/c7-3-1-4(8)6(5(9)2-3)13(10,11)12;/h1-2H,(H,10,11,12);/q;+1/p-1. The van der Waals surface area contributed by atoms with Crippen LogP contribution in [0.1, 0.15) is 0 Å². The molecule has 0 bridgehead atoms. The molecule has 8 heteroatoms. The van der Waals surface area contributed by atoms with Gasteiger partial charge in [-0.05, 0) is 12.1 Å². The molecular weight excluding hydrogens is 298 g/mol. The molecule has 0 atom stereocenters. The van der Waals surface area contributed by atoms with Crippen LogP contribution in [0, 0.1) is 0 Å². The molecule has 1 aromatic carbocycles. The second-order valence-electron chi connectivity index (χ2n) is 2.15. The van der Waals surface area contributed by atoms with Crippen molar-refractivity contribution < 1.29 is 64.4 Å². The minimum atomic E-state index is -4.65. The Morgan fingerprint density at radius 3 is 1.71 bits per heavy atom. The number of benzene rings is 1. The van der Waals surface area contributed by atoms with Gasteiger partial charge in [0, 0.05) is 5.02 Å². The summed E-state index contributed by atoms with van der Waals surface area (Å²) in [5, 5.41) is -0.373. The van der Waals surface area contributed by atoms with Gasteiger partial charge in [0.15, 0.2) is 0 Å². The van der Waals surface area contributed by atoms with E-state index in [1.807, 2.05) is 0 Å². The monoisotopic (exact) mass is 298 g/mol. The van der Waals surface area contributed by atoms with E-state index in [4.69, 9.17) is 34.8 Å². The molecule has 0 spiro atoms. The molecule has 0 aliphatic carbocycles. The van der Waals surface area contributed by atoms with Crippen LogP contribution in [0.2, 0.25) is 15.1 Å². The summed E-state index contributed by atoms with van der Waals surface area (Å²) in [6.07, 6.45) is 0. The topological polar surface area (TPSA) is 57.2 Å². The van der Waals surface area contributed by atoms with E-state index < -0.39 is 15.0 Å². The molecular formula is C6H2Cl3KO3S. The molecule has 0 saturated heterocycles. The molecule has 0 aliphatic heterocycles. The Morgan fingerprint density at radius 2 is 1.43 bits per heavy atom. The Bertz CT molecular complexity index is 423. The molecule has 0 radical (unpaired) electrons. The quantitative estimate of drug-likeness (QED) is 0.522. The molecule has 0 aliphatic rings. The first-order chi connectivity index (χ1) is 5.82. The Hall–Kier alpha value is 1.64. The first kappa shape index (κ1) is 15.6. The Labute approximate surface area is 139 Å². The van der Waals surface area contributed by atoms with E-state index in [0.29, 0.717) is 0 Å². The zero-order valence-corrected chi connectivity index (χ0v) is 13.1. The van der Waals surface area contributed by atoms with E-state index in [1.165, 1.54) is 0 Å². The summed E-state index contributed by atoms with van der Waals surface area (Å²) >= 11 is 16.4. The van der Waals surface area contributed by atoms with Gasteiger partial charge in [-0.25, -0.2) is 8.42 Å². The van der Waals surface area contributed by atoms with Gasteiger partial charge >= 0.3 is 51.4 Å². The van der Waals surface area contributed by atoms with Crippen molar-refractivity contribution in [1.29, 1.82) is 0 Å². The number of hydrogen-bond acceptors (Lipinski definition) is 3. The normalized spacial score (nSPS) is 10.9. The summed E-state index contributed by atoms with van der Waals surface area (Å²) in [6.45, 7) is 0. The third-order valence-electron chi connectivity index (χ3n) is 1.21. The summed E-state index contributed by atoms with van der Waals surface area (Å²) < 4.78 is 31.9. The molecule has 72 valence electrons. The van der Waals surface area contributed by atoms with E-state index in [9.17, 15) is 13.0 Å². The van der Waals surface area contributed by atoms with Crippen LogP contribution >= 0.6 is 34.8 Å². The maximum Gasteiger partial charge on any atom is 1.00 e. The van der Waals surface area contributed by atoms with Crippen molar-refractivity contribution >= 4 is 44.9 Å². The summed E-state index contributed by atoms with van der Waals surface area (Å²) in [7, 11) is -4.65. The van der Waals surface area contributed by atoms with Crippen LogP contribution in [0.3, 0.4) is 0 Å². The maximum absolute atomic E-state index is 10.6. The minimum Gasteiger partial charge on any atom is -0.744 e. The van der Waals surface area contributed by atoms with Gasteiger partial charge < -0.3 is 4.55 Å². The first-order valence-electron chi connectivity index (χ1n) is 2.93. The minimum absolute atomic E-state index is 0. The van der Waals surface area contributed by atoms with Gasteiger partial charge in [-0.15, -0.1) is 0 Å². The molecule has 0 heterocycles. The Morgan fingerprint density at radius 1 is 1.07 bits per heavy atom. The predicted octanol–water partition coefficient (Wildman–Crippen LogP) is -0.445. The number of halogens is 3. The first-order valence-corrected chi connectivity index (χ1v) is 5.47. The fraction of sp³-hybridized carbons (Fsp3) is 0. The van der Waals surface area contributed by atoms with Crippen molar-refractivity contribution in [1.82, 2.24) is 0 Å². The molecule has 0 amide bonds. The molecule has 0 fully saturated rings. The molecule has 1 rings (SSSR count). The van der Waals surface area contributed by atoms with Crippen molar-refractivity contribution in [3.63, 3.8) is 0 Å². The van der Waals surface area contributed by atoms with Gasteiger partial charge in [-0.1, -0.05) is 34.8 Å². The van der Waals surface area contributed by atoms with Crippen molar-refractivity contribution in [3.05, 3.63) is 27.2 Å². The van der Waals surface area contributed by atoms with E-state index in [2.05, 4.69) is 0 Å². The average Bonchev–Trinajstić information content (AvgIpc) is 1.78. The van der Waals surface area contributed by atoms with Crippen molar-refractivity contribution in [3.8, 4) is 0 Å². The van der Waals surface area contributed by atoms with Gasteiger partial charge in [0.2, 0.25) is 0 Å². The Balaban J connectivity index is 0.00000169. The SMILES string of the molecule is O=S(=O)([O-])c1c(Cl)cc(Cl)cc1Cl.[K+].